The van der Waals surface area contributed by atoms with E-state index in [-0.39, 0.29) is 5.91 Å². The number of aromatic nitrogens is 1. The minimum absolute atomic E-state index is 0.186. The third-order valence-corrected chi connectivity index (χ3v) is 7.31. The molecular formula is C27H24BrN3O2S. The molecule has 1 aromatic heterocycles. The second-order valence-electron chi connectivity index (χ2n) is 8.16. The highest BCUT2D eigenvalue weighted by atomic mass is 79.9. The van der Waals surface area contributed by atoms with Crippen LogP contribution < -0.4 is 9.75 Å². The molecule has 4 aromatic rings. The average Bonchev–Trinajstić information content (AvgIpc) is 3.27. The predicted molar refractivity (Wildman–Crippen MR) is 142 cm³/mol. The van der Waals surface area contributed by atoms with E-state index in [1.54, 1.807) is 6.21 Å². The van der Waals surface area contributed by atoms with E-state index in [0.717, 1.165) is 45.3 Å². The molecule has 0 saturated heterocycles. The molecule has 5 nitrogen and oxygen atoms in total. The molecular weight excluding hydrogens is 510 g/mol. The maximum Gasteiger partial charge on any atom is 0.280 e. The number of hydrogen-bond donors (Lipinski definition) is 0. The maximum atomic E-state index is 13.7. The lowest BCUT2D eigenvalue weighted by molar-refractivity contribution is 0.0987. The third-order valence-electron chi connectivity index (χ3n) is 5.82. The highest BCUT2D eigenvalue weighted by Gasteiger charge is 2.22. The van der Waals surface area contributed by atoms with Crippen LogP contribution in [0.25, 0.3) is 10.2 Å². The summed E-state index contributed by atoms with van der Waals surface area (Å²) in [6.07, 6.45) is 6.16. The molecule has 0 N–H and O–H groups in total. The number of benzene rings is 3. The Balaban J connectivity index is 1.51. The molecule has 34 heavy (non-hydrogen) atoms. The van der Waals surface area contributed by atoms with Gasteiger partial charge in [-0.1, -0.05) is 33.3 Å². The Bertz CT molecular complexity index is 1360. The summed E-state index contributed by atoms with van der Waals surface area (Å²) in [5.74, 6) is 0.618. The number of fused-ring (bicyclic) bond motifs is 2. The molecule has 172 valence electrons. The van der Waals surface area contributed by atoms with Gasteiger partial charge in [-0.05, 0) is 104 Å². The van der Waals surface area contributed by atoms with Crippen molar-refractivity contribution in [2.24, 2.45) is 5.10 Å². The number of hydrazone groups is 1. The number of ether oxygens (including phenoxy) is 1. The van der Waals surface area contributed by atoms with Gasteiger partial charge in [-0.15, -0.1) is 0 Å². The number of anilines is 1. The lowest BCUT2D eigenvalue weighted by Gasteiger charge is -2.18. The molecule has 1 aliphatic rings. The van der Waals surface area contributed by atoms with Gasteiger partial charge in [-0.2, -0.15) is 10.1 Å². The van der Waals surface area contributed by atoms with Crippen molar-refractivity contribution in [1.29, 1.82) is 0 Å². The summed E-state index contributed by atoms with van der Waals surface area (Å²) >= 11 is 4.96. The van der Waals surface area contributed by atoms with Crippen molar-refractivity contribution in [2.75, 3.05) is 11.6 Å². The smallest absolute Gasteiger partial charge is 0.280 e. The molecule has 0 saturated carbocycles. The molecule has 0 atom stereocenters. The molecule has 5 rings (SSSR count). The van der Waals surface area contributed by atoms with Crippen LogP contribution in [0.5, 0.6) is 5.75 Å². The van der Waals surface area contributed by atoms with E-state index in [2.05, 4.69) is 27.1 Å². The van der Waals surface area contributed by atoms with Gasteiger partial charge < -0.3 is 4.74 Å². The molecule has 0 fully saturated rings. The predicted octanol–water partition coefficient (Wildman–Crippen LogP) is 7.02. The van der Waals surface area contributed by atoms with Crippen LogP contribution in [0.3, 0.4) is 0 Å². The zero-order valence-corrected chi connectivity index (χ0v) is 21.2. The summed E-state index contributed by atoms with van der Waals surface area (Å²) in [7, 11) is 0. The Kier molecular flexibility index (Phi) is 6.74. The van der Waals surface area contributed by atoms with Gasteiger partial charge in [-0.3, -0.25) is 4.79 Å². The van der Waals surface area contributed by atoms with Crippen LogP contribution >= 0.6 is 27.3 Å². The van der Waals surface area contributed by atoms with E-state index in [9.17, 15) is 4.79 Å². The molecule has 3 aromatic carbocycles. The fourth-order valence-electron chi connectivity index (χ4n) is 4.10. The van der Waals surface area contributed by atoms with Crippen molar-refractivity contribution in [3.05, 3.63) is 87.4 Å². The van der Waals surface area contributed by atoms with Gasteiger partial charge in [0.2, 0.25) is 5.13 Å². The molecule has 0 spiro atoms. The van der Waals surface area contributed by atoms with Crippen LogP contribution in [0.15, 0.2) is 70.2 Å². The van der Waals surface area contributed by atoms with Crippen molar-refractivity contribution in [3.63, 3.8) is 0 Å². The molecule has 7 heteroatoms. The van der Waals surface area contributed by atoms with E-state index >= 15 is 0 Å². The fraction of sp³-hybridized carbons (Fsp3) is 0.222. The van der Waals surface area contributed by atoms with E-state index < -0.39 is 0 Å². The number of carbonyl (C=O) groups excluding carboxylic acids is 1. The summed E-state index contributed by atoms with van der Waals surface area (Å²) in [5.41, 5.74) is 4.95. The molecule has 1 amide bonds. The van der Waals surface area contributed by atoms with Gasteiger partial charge in [-0.25, -0.2) is 4.98 Å². The first kappa shape index (κ1) is 22.7. The number of nitrogens with zero attached hydrogens (tertiary/aromatic N) is 3. The highest BCUT2D eigenvalue weighted by Crippen LogP contribution is 2.32. The first-order valence-corrected chi connectivity index (χ1v) is 13.0. The zero-order chi connectivity index (χ0) is 23.5. The summed E-state index contributed by atoms with van der Waals surface area (Å²) in [4.78, 5) is 18.4. The topological polar surface area (TPSA) is 54.8 Å². The summed E-state index contributed by atoms with van der Waals surface area (Å²) in [6.45, 7) is 2.57. The molecule has 1 heterocycles. The lowest BCUT2D eigenvalue weighted by atomic mass is 9.90. The van der Waals surface area contributed by atoms with Gasteiger partial charge in [0.15, 0.2) is 0 Å². The quantitative estimate of drug-likeness (QED) is 0.197. The number of hydrogen-bond acceptors (Lipinski definition) is 5. The van der Waals surface area contributed by atoms with E-state index in [0.29, 0.717) is 17.3 Å². The van der Waals surface area contributed by atoms with E-state index in [1.165, 1.54) is 33.9 Å². The van der Waals surface area contributed by atoms with Crippen molar-refractivity contribution in [3.8, 4) is 5.75 Å². The van der Waals surface area contributed by atoms with Gasteiger partial charge in [0.05, 0.1) is 23.0 Å². The molecule has 0 unspecified atom stereocenters. The Morgan fingerprint density at radius 3 is 2.68 bits per heavy atom. The van der Waals surface area contributed by atoms with Crippen molar-refractivity contribution in [1.82, 2.24) is 4.98 Å². The Hall–Kier alpha value is -3.03. The minimum atomic E-state index is -0.186. The van der Waals surface area contributed by atoms with Gasteiger partial charge in [0, 0.05) is 10.0 Å². The van der Waals surface area contributed by atoms with E-state index in [1.807, 2.05) is 61.5 Å². The van der Waals surface area contributed by atoms with Crippen molar-refractivity contribution in [2.45, 2.75) is 32.6 Å². The SMILES string of the molecule is CCOc1ccc(/C=N/N(C(=O)c2ccc3c(c2)CCCC3)c2nc3ccc(Br)cc3s2)cc1. The monoisotopic (exact) mass is 533 g/mol. The van der Waals surface area contributed by atoms with E-state index in [4.69, 9.17) is 9.72 Å². The second-order valence-corrected chi connectivity index (χ2v) is 10.1. The van der Waals surface area contributed by atoms with Crippen molar-refractivity contribution >= 4 is 54.7 Å². The van der Waals surface area contributed by atoms with Crippen molar-refractivity contribution < 1.29 is 9.53 Å². The number of amides is 1. The van der Waals surface area contributed by atoms with Crippen LogP contribution in [0.2, 0.25) is 0 Å². The van der Waals surface area contributed by atoms with Crippen LogP contribution in [0.1, 0.15) is 46.8 Å². The first-order valence-electron chi connectivity index (χ1n) is 11.4. The summed E-state index contributed by atoms with van der Waals surface area (Å²) in [6, 6.07) is 19.6. The summed E-state index contributed by atoms with van der Waals surface area (Å²) in [5, 5.41) is 6.56. The standard InChI is InChI=1S/C27H24BrN3O2S/c1-2-33-23-12-7-18(8-13-23)17-29-31(27-30-24-14-11-22(28)16-25(24)34-27)26(32)21-10-9-19-5-3-4-6-20(19)15-21/h7-17H,2-6H2,1H3/b29-17+. The van der Waals surface area contributed by atoms with Gasteiger partial charge >= 0.3 is 0 Å². The van der Waals surface area contributed by atoms with Crippen LogP contribution in [-0.2, 0) is 12.8 Å². The first-order chi connectivity index (χ1) is 16.6. The van der Waals surface area contributed by atoms with Gasteiger partial charge in [0.1, 0.15) is 5.75 Å². The molecule has 0 bridgehead atoms. The Morgan fingerprint density at radius 2 is 1.88 bits per heavy atom. The number of aryl methyl sites for hydroxylation is 2. The molecule has 0 aliphatic heterocycles. The number of carbonyl (C=O) groups is 1. The Labute approximate surface area is 211 Å². The highest BCUT2D eigenvalue weighted by molar-refractivity contribution is 9.10. The fourth-order valence-corrected chi connectivity index (χ4v) is 5.57. The van der Waals surface area contributed by atoms with Gasteiger partial charge in [0.25, 0.3) is 5.91 Å². The minimum Gasteiger partial charge on any atom is -0.494 e. The normalized spacial score (nSPS) is 13.2. The molecule has 1 aliphatic carbocycles. The third kappa shape index (κ3) is 4.91. The molecule has 0 radical (unpaired) electrons. The average molecular weight is 534 g/mol. The maximum absolute atomic E-state index is 13.7. The number of halogens is 1. The number of thiazole rings is 1. The Morgan fingerprint density at radius 1 is 1.09 bits per heavy atom. The zero-order valence-electron chi connectivity index (χ0n) is 18.8. The summed E-state index contributed by atoms with van der Waals surface area (Å²) < 4.78 is 7.48. The van der Waals surface area contributed by atoms with Crippen LogP contribution in [-0.4, -0.2) is 23.7 Å². The second kappa shape index (κ2) is 10.1. The van der Waals surface area contributed by atoms with Crippen LogP contribution in [0.4, 0.5) is 5.13 Å². The van der Waals surface area contributed by atoms with Crippen LogP contribution in [0, 0.1) is 0 Å². The lowest BCUT2D eigenvalue weighted by Crippen LogP contribution is -2.26. The number of rotatable bonds is 6. The largest absolute Gasteiger partial charge is 0.494 e.